The van der Waals surface area contributed by atoms with Crippen molar-refractivity contribution in [3.8, 4) is 11.5 Å². The van der Waals surface area contributed by atoms with Crippen LogP contribution in [-0.2, 0) is 0 Å². The van der Waals surface area contributed by atoms with Crippen molar-refractivity contribution >= 4 is 34.0 Å². The van der Waals surface area contributed by atoms with Gasteiger partial charge in [0.1, 0.15) is 13.2 Å². The first-order valence-corrected chi connectivity index (χ1v) is 6.80. The molecule has 19 heavy (non-hydrogen) atoms. The smallest absolute Gasteiger partial charge is 0.257 e. The summed E-state index contributed by atoms with van der Waals surface area (Å²) in [5.74, 6) is 0.690. The van der Waals surface area contributed by atoms with Crippen LogP contribution in [0.15, 0.2) is 23.7 Å². The van der Waals surface area contributed by atoms with Crippen LogP contribution in [0.4, 0.5) is 5.13 Å². The number of benzene rings is 1. The van der Waals surface area contributed by atoms with Gasteiger partial charge in [0, 0.05) is 17.1 Å². The van der Waals surface area contributed by atoms with E-state index in [0.717, 1.165) is 0 Å². The van der Waals surface area contributed by atoms with Crippen LogP contribution < -0.4 is 14.8 Å². The fourth-order valence-corrected chi connectivity index (χ4v) is 2.49. The molecular weight excluding hydrogens is 288 g/mol. The van der Waals surface area contributed by atoms with Crippen LogP contribution >= 0.6 is 22.9 Å². The number of nitrogens with zero attached hydrogens (tertiary/aromatic N) is 1. The molecule has 0 spiro atoms. The van der Waals surface area contributed by atoms with Gasteiger partial charge in [0.15, 0.2) is 16.6 Å². The van der Waals surface area contributed by atoms with E-state index in [2.05, 4.69) is 10.3 Å². The summed E-state index contributed by atoms with van der Waals surface area (Å²) in [5, 5.41) is 5.37. The fourth-order valence-electron chi connectivity index (χ4n) is 1.70. The van der Waals surface area contributed by atoms with Crippen molar-refractivity contribution in [3.05, 3.63) is 34.3 Å². The minimum Gasteiger partial charge on any atom is -0.486 e. The number of carbonyl (C=O) groups is 1. The highest BCUT2D eigenvalue weighted by molar-refractivity contribution is 7.13. The number of halogens is 1. The fraction of sp³-hybridized carbons (Fsp3) is 0.167. The van der Waals surface area contributed by atoms with E-state index in [0.29, 0.717) is 40.4 Å². The molecule has 2 aromatic rings. The zero-order chi connectivity index (χ0) is 13.2. The van der Waals surface area contributed by atoms with Gasteiger partial charge in [-0.1, -0.05) is 11.6 Å². The van der Waals surface area contributed by atoms with Gasteiger partial charge in [-0.3, -0.25) is 10.1 Å². The summed E-state index contributed by atoms with van der Waals surface area (Å²) in [4.78, 5) is 16.0. The molecule has 1 N–H and O–H groups in total. The van der Waals surface area contributed by atoms with Crippen molar-refractivity contribution in [1.82, 2.24) is 4.98 Å². The Morgan fingerprint density at radius 2 is 2.21 bits per heavy atom. The van der Waals surface area contributed by atoms with Crippen LogP contribution in [0.3, 0.4) is 0 Å². The van der Waals surface area contributed by atoms with Gasteiger partial charge >= 0.3 is 0 Å². The normalized spacial score (nSPS) is 13.1. The zero-order valence-corrected chi connectivity index (χ0v) is 11.3. The van der Waals surface area contributed by atoms with E-state index in [1.807, 2.05) is 0 Å². The first-order valence-electron chi connectivity index (χ1n) is 5.54. The molecule has 1 aliphatic rings. The number of ether oxygens (including phenoxy) is 2. The summed E-state index contributed by atoms with van der Waals surface area (Å²) in [6.07, 6.45) is 1.62. The molecule has 5 nitrogen and oxygen atoms in total. The average molecular weight is 297 g/mol. The molecule has 2 heterocycles. The first kappa shape index (κ1) is 12.3. The van der Waals surface area contributed by atoms with Crippen molar-refractivity contribution in [2.24, 2.45) is 0 Å². The lowest BCUT2D eigenvalue weighted by Gasteiger charge is -2.20. The quantitative estimate of drug-likeness (QED) is 0.926. The Bertz CT molecular complexity index is 616. The first-order chi connectivity index (χ1) is 9.24. The number of fused-ring (bicyclic) bond motifs is 1. The number of hydrogen-bond donors (Lipinski definition) is 1. The van der Waals surface area contributed by atoms with E-state index >= 15 is 0 Å². The Morgan fingerprint density at radius 1 is 1.37 bits per heavy atom. The average Bonchev–Trinajstić information content (AvgIpc) is 2.91. The molecule has 0 radical (unpaired) electrons. The van der Waals surface area contributed by atoms with Gasteiger partial charge < -0.3 is 9.47 Å². The molecule has 0 bridgehead atoms. The molecular formula is C12H9ClN2O3S. The number of anilines is 1. The molecule has 1 amide bonds. The van der Waals surface area contributed by atoms with Crippen molar-refractivity contribution < 1.29 is 14.3 Å². The summed E-state index contributed by atoms with van der Waals surface area (Å²) in [5.41, 5.74) is 0.407. The van der Waals surface area contributed by atoms with Crippen molar-refractivity contribution in [2.75, 3.05) is 18.5 Å². The number of thiazole rings is 1. The van der Waals surface area contributed by atoms with E-state index in [-0.39, 0.29) is 5.91 Å². The third kappa shape index (κ3) is 2.50. The lowest BCUT2D eigenvalue weighted by molar-refractivity contribution is 0.102. The Kier molecular flexibility index (Phi) is 3.27. The van der Waals surface area contributed by atoms with Gasteiger partial charge in [0.25, 0.3) is 5.91 Å². The monoisotopic (exact) mass is 296 g/mol. The standard InChI is InChI=1S/C12H9ClN2O3S/c13-8-5-7(6-9-10(8)18-3-2-17-9)11(16)15-12-14-1-4-19-12/h1,4-6H,2-3H2,(H,14,15,16). The Labute approximate surface area is 118 Å². The second-order valence-electron chi connectivity index (χ2n) is 3.77. The van der Waals surface area contributed by atoms with E-state index in [1.54, 1.807) is 23.7 Å². The summed E-state index contributed by atoms with van der Waals surface area (Å²) in [7, 11) is 0. The number of rotatable bonds is 2. The van der Waals surface area contributed by atoms with Crippen molar-refractivity contribution in [1.29, 1.82) is 0 Å². The SMILES string of the molecule is O=C(Nc1nccs1)c1cc(Cl)c2c(c1)OCCO2. The van der Waals surface area contributed by atoms with Gasteiger partial charge in [-0.05, 0) is 12.1 Å². The maximum atomic E-state index is 12.1. The third-order valence-corrected chi connectivity index (χ3v) is 3.48. The summed E-state index contributed by atoms with van der Waals surface area (Å²) >= 11 is 7.42. The van der Waals surface area contributed by atoms with Crippen LogP contribution in [0.25, 0.3) is 0 Å². The second kappa shape index (κ2) is 5.07. The van der Waals surface area contributed by atoms with E-state index in [1.165, 1.54) is 11.3 Å². The number of hydrogen-bond acceptors (Lipinski definition) is 5. The van der Waals surface area contributed by atoms with Crippen LogP contribution in [-0.4, -0.2) is 24.1 Å². The van der Waals surface area contributed by atoms with Crippen LogP contribution in [0.5, 0.6) is 11.5 Å². The molecule has 0 unspecified atom stereocenters. The Hall–Kier alpha value is -1.79. The molecule has 1 aromatic heterocycles. The lowest BCUT2D eigenvalue weighted by atomic mass is 10.2. The van der Waals surface area contributed by atoms with E-state index < -0.39 is 0 Å². The minimum atomic E-state index is -0.283. The number of aromatic nitrogens is 1. The molecule has 0 saturated heterocycles. The van der Waals surface area contributed by atoms with Crippen molar-refractivity contribution in [2.45, 2.75) is 0 Å². The molecule has 3 rings (SSSR count). The van der Waals surface area contributed by atoms with Gasteiger partial charge in [-0.2, -0.15) is 0 Å². The number of nitrogens with one attached hydrogen (secondary N) is 1. The van der Waals surface area contributed by atoms with E-state index in [4.69, 9.17) is 21.1 Å². The number of carbonyl (C=O) groups excluding carboxylic acids is 1. The largest absolute Gasteiger partial charge is 0.486 e. The van der Waals surface area contributed by atoms with Crippen molar-refractivity contribution in [3.63, 3.8) is 0 Å². The second-order valence-corrected chi connectivity index (χ2v) is 5.08. The predicted molar refractivity (Wildman–Crippen MR) is 72.5 cm³/mol. The highest BCUT2D eigenvalue weighted by Gasteiger charge is 2.19. The molecule has 0 atom stereocenters. The zero-order valence-electron chi connectivity index (χ0n) is 9.68. The summed E-state index contributed by atoms with van der Waals surface area (Å²) < 4.78 is 10.8. The van der Waals surface area contributed by atoms with Crippen LogP contribution in [0.2, 0.25) is 5.02 Å². The molecule has 7 heteroatoms. The lowest BCUT2D eigenvalue weighted by Crippen LogP contribution is -2.17. The van der Waals surface area contributed by atoms with Gasteiger partial charge in [-0.25, -0.2) is 4.98 Å². The maximum Gasteiger partial charge on any atom is 0.257 e. The van der Waals surface area contributed by atoms with Gasteiger partial charge in [0.05, 0.1) is 5.02 Å². The predicted octanol–water partition coefficient (Wildman–Crippen LogP) is 2.82. The maximum absolute atomic E-state index is 12.1. The molecule has 0 aliphatic carbocycles. The van der Waals surface area contributed by atoms with Gasteiger partial charge in [-0.15, -0.1) is 11.3 Å². The topological polar surface area (TPSA) is 60.5 Å². The summed E-state index contributed by atoms with van der Waals surface area (Å²) in [6.45, 7) is 0.901. The highest BCUT2D eigenvalue weighted by Crippen LogP contribution is 2.38. The summed E-state index contributed by atoms with van der Waals surface area (Å²) in [6, 6.07) is 3.17. The van der Waals surface area contributed by atoms with E-state index in [9.17, 15) is 4.79 Å². The molecule has 1 aliphatic heterocycles. The van der Waals surface area contributed by atoms with Gasteiger partial charge in [0.2, 0.25) is 0 Å². The Balaban J connectivity index is 1.88. The minimum absolute atomic E-state index is 0.283. The highest BCUT2D eigenvalue weighted by atomic mass is 35.5. The van der Waals surface area contributed by atoms with Crippen LogP contribution in [0, 0.1) is 0 Å². The molecule has 0 fully saturated rings. The molecule has 0 saturated carbocycles. The molecule has 98 valence electrons. The Morgan fingerprint density at radius 3 is 3.00 bits per heavy atom. The molecule has 1 aromatic carbocycles. The third-order valence-electron chi connectivity index (χ3n) is 2.51. The number of amides is 1. The van der Waals surface area contributed by atoms with Crippen LogP contribution in [0.1, 0.15) is 10.4 Å².